The van der Waals surface area contributed by atoms with Gasteiger partial charge in [0.2, 0.25) is 0 Å². The Morgan fingerprint density at radius 1 is 0.524 bits per heavy atom. The van der Waals surface area contributed by atoms with Gasteiger partial charge < -0.3 is 9.84 Å². The molecule has 0 aliphatic heterocycles. The molecule has 42 heavy (non-hydrogen) atoms. The van der Waals surface area contributed by atoms with Gasteiger partial charge >= 0.3 is 11.9 Å². The summed E-state index contributed by atoms with van der Waals surface area (Å²) in [6.45, 7) is 4.46. The highest BCUT2D eigenvalue weighted by Crippen LogP contribution is 2.18. The van der Waals surface area contributed by atoms with E-state index in [0.29, 0.717) is 6.42 Å². The lowest BCUT2D eigenvalue weighted by molar-refractivity contribution is -0.150. The maximum absolute atomic E-state index is 12.5. The Morgan fingerprint density at radius 3 is 1.50 bits per heavy atom. The van der Waals surface area contributed by atoms with E-state index in [1.165, 1.54) is 96.3 Å². The number of unbranched alkanes of at least 4 members (excludes halogenated alkanes) is 17. The van der Waals surface area contributed by atoms with Crippen LogP contribution in [0.5, 0.6) is 0 Å². The molecular weight excluding hydrogens is 520 g/mol. The number of carbonyl (C=O) groups is 2. The van der Waals surface area contributed by atoms with Crippen molar-refractivity contribution >= 4 is 11.9 Å². The fraction of sp³-hybridized carbons (Fsp3) is 0.789. The zero-order valence-corrected chi connectivity index (χ0v) is 27.8. The van der Waals surface area contributed by atoms with E-state index in [9.17, 15) is 9.59 Å². The second-order valence-corrected chi connectivity index (χ2v) is 12.0. The third-order valence-electron chi connectivity index (χ3n) is 7.83. The molecule has 4 heteroatoms. The van der Waals surface area contributed by atoms with Crippen molar-refractivity contribution < 1.29 is 19.4 Å². The Kier molecular flexibility index (Phi) is 32.2. The van der Waals surface area contributed by atoms with Crippen LogP contribution in [0.25, 0.3) is 0 Å². The average molecular weight is 589 g/mol. The largest absolute Gasteiger partial charge is 0.481 e. The zero-order valence-electron chi connectivity index (χ0n) is 27.8. The Morgan fingerprint density at radius 2 is 0.929 bits per heavy atom. The van der Waals surface area contributed by atoms with Gasteiger partial charge in [-0.3, -0.25) is 9.59 Å². The Hall–Kier alpha value is -1.84. The predicted molar refractivity (Wildman–Crippen MR) is 181 cm³/mol. The monoisotopic (exact) mass is 589 g/mol. The van der Waals surface area contributed by atoms with Crippen LogP contribution in [0.3, 0.4) is 0 Å². The van der Waals surface area contributed by atoms with Crippen molar-refractivity contribution in [2.45, 2.75) is 193 Å². The van der Waals surface area contributed by atoms with Crippen LogP contribution < -0.4 is 0 Å². The van der Waals surface area contributed by atoms with E-state index in [1.54, 1.807) is 0 Å². The number of carboxylic acid groups (broad SMARTS) is 1. The predicted octanol–water partition coefficient (Wildman–Crippen LogP) is 12.2. The number of esters is 1. The van der Waals surface area contributed by atoms with Crippen LogP contribution >= 0.6 is 0 Å². The molecule has 4 nitrogen and oxygen atoms in total. The number of hydrogen-bond donors (Lipinski definition) is 1. The van der Waals surface area contributed by atoms with Crippen LogP contribution in [0, 0.1) is 0 Å². The van der Waals surface area contributed by atoms with E-state index in [4.69, 9.17) is 9.84 Å². The number of aliphatic carboxylic acids is 1. The fourth-order valence-electron chi connectivity index (χ4n) is 5.15. The van der Waals surface area contributed by atoms with Crippen LogP contribution in [-0.4, -0.2) is 23.1 Å². The van der Waals surface area contributed by atoms with Crippen molar-refractivity contribution in [2.24, 2.45) is 0 Å². The first-order valence-corrected chi connectivity index (χ1v) is 18.0. The summed E-state index contributed by atoms with van der Waals surface area (Å²) in [4.78, 5) is 23.1. The standard InChI is InChI=1S/C38H68O4/c1-3-5-7-9-10-11-12-13-14-15-16-17-18-19-20-21-22-23-24-25-31-35-38(41)42-36(32-28-8-6-4-2)33-29-26-27-30-34-37(39)40/h10-11,13-14,19-20,36H,3-9,12,15-18,21-35H2,1-2H3,(H,39,40)/b11-10-,14-13-,20-19-. The summed E-state index contributed by atoms with van der Waals surface area (Å²) in [6.07, 6.45) is 43.2. The quantitative estimate of drug-likeness (QED) is 0.0482. The van der Waals surface area contributed by atoms with E-state index in [2.05, 4.69) is 50.3 Å². The first-order chi connectivity index (χ1) is 20.6. The van der Waals surface area contributed by atoms with Gasteiger partial charge in [-0.15, -0.1) is 0 Å². The van der Waals surface area contributed by atoms with Crippen LogP contribution in [0.4, 0.5) is 0 Å². The highest BCUT2D eigenvalue weighted by molar-refractivity contribution is 5.69. The van der Waals surface area contributed by atoms with Crippen LogP contribution in [0.1, 0.15) is 187 Å². The topological polar surface area (TPSA) is 63.6 Å². The molecule has 0 rings (SSSR count). The Bertz CT molecular complexity index is 679. The van der Waals surface area contributed by atoms with Gasteiger partial charge in [0, 0.05) is 12.8 Å². The lowest BCUT2D eigenvalue weighted by Gasteiger charge is -2.18. The van der Waals surface area contributed by atoms with E-state index in [0.717, 1.165) is 64.2 Å². The minimum absolute atomic E-state index is 0.0319. The third kappa shape index (κ3) is 32.7. The molecule has 0 bridgehead atoms. The normalized spacial score (nSPS) is 12.6. The van der Waals surface area contributed by atoms with E-state index >= 15 is 0 Å². The van der Waals surface area contributed by atoms with Crippen LogP contribution in [-0.2, 0) is 14.3 Å². The number of ether oxygens (including phenoxy) is 1. The van der Waals surface area contributed by atoms with E-state index in [-0.39, 0.29) is 18.5 Å². The summed E-state index contributed by atoms with van der Waals surface area (Å²) in [5.41, 5.74) is 0. The first-order valence-electron chi connectivity index (χ1n) is 18.0. The summed E-state index contributed by atoms with van der Waals surface area (Å²) < 4.78 is 5.87. The molecule has 0 saturated heterocycles. The van der Waals surface area contributed by atoms with Crippen molar-refractivity contribution in [3.8, 4) is 0 Å². The zero-order chi connectivity index (χ0) is 30.8. The molecule has 0 fully saturated rings. The van der Waals surface area contributed by atoms with Gasteiger partial charge in [0.15, 0.2) is 0 Å². The molecule has 0 heterocycles. The third-order valence-corrected chi connectivity index (χ3v) is 7.83. The Labute approximate surface area is 260 Å². The van der Waals surface area contributed by atoms with Gasteiger partial charge in [0.25, 0.3) is 0 Å². The molecule has 0 aromatic carbocycles. The van der Waals surface area contributed by atoms with Crippen molar-refractivity contribution in [2.75, 3.05) is 0 Å². The molecule has 0 aromatic rings. The molecular formula is C38H68O4. The van der Waals surface area contributed by atoms with Crippen molar-refractivity contribution in [3.63, 3.8) is 0 Å². The number of carbonyl (C=O) groups excluding carboxylic acids is 1. The summed E-state index contributed by atoms with van der Waals surface area (Å²) in [5.74, 6) is -0.749. The molecule has 0 aliphatic rings. The summed E-state index contributed by atoms with van der Waals surface area (Å²) >= 11 is 0. The van der Waals surface area contributed by atoms with Crippen LogP contribution in [0.15, 0.2) is 36.5 Å². The molecule has 1 N–H and O–H groups in total. The molecule has 244 valence electrons. The molecule has 0 aromatic heterocycles. The minimum atomic E-state index is -0.716. The molecule has 1 atom stereocenters. The summed E-state index contributed by atoms with van der Waals surface area (Å²) in [7, 11) is 0. The number of allylic oxidation sites excluding steroid dienone is 6. The maximum Gasteiger partial charge on any atom is 0.306 e. The molecule has 0 spiro atoms. The summed E-state index contributed by atoms with van der Waals surface area (Å²) in [6, 6.07) is 0. The lowest BCUT2D eigenvalue weighted by atomic mass is 10.0. The second-order valence-electron chi connectivity index (χ2n) is 12.0. The highest BCUT2D eigenvalue weighted by atomic mass is 16.5. The second kappa shape index (κ2) is 33.7. The maximum atomic E-state index is 12.5. The highest BCUT2D eigenvalue weighted by Gasteiger charge is 2.14. The fourth-order valence-corrected chi connectivity index (χ4v) is 5.15. The van der Waals surface area contributed by atoms with E-state index < -0.39 is 5.97 Å². The number of rotatable bonds is 32. The van der Waals surface area contributed by atoms with E-state index in [1.807, 2.05) is 0 Å². The average Bonchev–Trinajstić information content (AvgIpc) is 2.97. The lowest BCUT2D eigenvalue weighted by Crippen LogP contribution is -2.18. The summed E-state index contributed by atoms with van der Waals surface area (Å²) in [5, 5.41) is 8.77. The van der Waals surface area contributed by atoms with Gasteiger partial charge in [-0.2, -0.15) is 0 Å². The van der Waals surface area contributed by atoms with Gasteiger partial charge in [-0.05, 0) is 96.3 Å². The number of carboxylic acids is 1. The van der Waals surface area contributed by atoms with Crippen LogP contribution in [0.2, 0.25) is 0 Å². The van der Waals surface area contributed by atoms with Gasteiger partial charge in [0.1, 0.15) is 6.10 Å². The van der Waals surface area contributed by atoms with Crippen molar-refractivity contribution in [3.05, 3.63) is 36.5 Å². The first kappa shape index (κ1) is 40.2. The number of hydrogen-bond acceptors (Lipinski definition) is 3. The molecule has 0 aliphatic carbocycles. The smallest absolute Gasteiger partial charge is 0.306 e. The Balaban J connectivity index is 3.74. The van der Waals surface area contributed by atoms with Crippen molar-refractivity contribution in [1.82, 2.24) is 0 Å². The molecule has 0 radical (unpaired) electrons. The van der Waals surface area contributed by atoms with Gasteiger partial charge in [-0.25, -0.2) is 0 Å². The van der Waals surface area contributed by atoms with Crippen molar-refractivity contribution in [1.29, 1.82) is 0 Å². The minimum Gasteiger partial charge on any atom is -0.481 e. The molecule has 1 unspecified atom stereocenters. The SMILES string of the molecule is CCCCC/C=C\C/C=C\CCCC/C=C\CCCCCCCC(=O)OC(CCCCCC)CCCCCCC(=O)O. The van der Waals surface area contributed by atoms with Gasteiger partial charge in [-0.1, -0.05) is 115 Å². The van der Waals surface area contributed by atoms with Gasteiger partial charge in [0.05, 0.1) is 0 Å². The molecule has 0 saturated carbocycles. The molecule has 0 amide bonds.